The lowest BCUT2D eigenvalue weighted by atomic mass is 9.87. The summed E-state index contributed by atoms with van der Waals surface area (Å²) in [6.45, 7) is 4.08. The number of halogens is 5. The fourth-order valence-electron chi connectivity index (χ4n) is 5.79. The second-order valence-corrected chi connectivity index (χ2v) is 10.7. The van der Waals surface area contributed by atoms with E-state index in [1.54, 1.807) is 6.92 Å². The molecule has 0 saturated carbocycles. The molecular formula is C28H33F5N4O. The molecule has 2 aromatic carbocycles. The number of benzene rings is 2. The van der Waals surface area contributed by atoms with Crippen molar-refractivity contribution in [3.05, 3.63) is 64.6 Å². The molecule has 0 spiro atoms. The van der Waals surface area contributed by atoms with E-state index in [1.165, 1.54) is 35.2 Å². The minimum atomic E-state index is -3.48. The number of alkyl halides is 2. The van der Waals surface area contributed by atoms with E-state index in [4.69, 9.17) is 0 Å². The lowest BCUT2D eigenvalue weighted by molar-refractivity contribution is -0.0869. The molecule has 5 rings (SSSR count). The molecule has 2 unspecified atom stereocenters. The highest BCUT2D eigenvalue weighted by Gasteiger charge is 2.43. The van der Waals surface area contributed by atoms with Crippen molar-refractivity contribution in [3.8, 4) is 0 Å². The molecule has 3 aromatic rings. The van der Waals surface area contributed by atoms with Gasteiger partial charge in [-0.1, -0.05) is 13.3 Å². The van der Waals surface area contributed by atoms with Gasteiger partial charge in [0.1, 0.15) is 24.1 Å². The summed E-state index contributed by atoms with van der Waals surface area (Å²) >= 11 is 0. The number of nitrogens with zero attached hydrogens (tertiary/aromatic N) is 2. The van der Waals surface area contributed by atoms with Gasteiger partial charge in [-0.2, -0.15) is 0 Å². The minimum Gasteiger partial charge on any atom is -0.390 e. The van der Waals surface area contributed by atoms with Gasteiger partial charge in [0.15, 0.2) is 0 Å². The maximum atomic E-state index is 15.7. The van der Waals surface area contributed by atoms with E-state index in [0.717, 1.165) is 32.5 Å². The minimum absolute atomic E-state index is 0.0705. The molecule has 2 aliphatic heterocycles. The van der Waals surface area contributed by atoms with Gasteiger partial charge in [0.05, 0.1) is 18.6 Å². The monoisotopic (exact) mass is 536 g/mol. The number of H-pyrrole nitrogens is 1. The van der Waals surface area contributed by atoms with Crippen LogP contribution in [0.4, 0.5) is 27.6 Å². The normalized spacial score (nSPS) is 21.1. The van der Waals surface area contributed by atoms with Crippen LogP contribution in [0.3, 0.4) is 0 Å². The zero-order valence-corrected chi connectivity index (χ0v) is 21.5. The van der Waals surface area contributed by atoms with Crippen LogP contribution in [0.5, 0.6) is 0 Å². The number of unbranched alkanes of at least 4 members (excludes halogenated alkanes) is 1. The highest BCUT2D eigenvalue weighted by atomic mass is 19.3. The topological polar surface area (TPSA) is 54.5 Å². The number of anilines is 1. The van der Waals surface area contributed by atoms with Crippen molar-refractivity contribution in [1.82, 2.24) is 14.8 Å². The third kappa shape index (κ3) is 5.13. The number of hydrogen-bond donors (Lipinski definition) is 3. The van der Waals surface area contributed by atoms with Gasteiger partial charge < -0.3 is 15.4 Å². The molecule has 3 heterocycles. The summed E-state index contributed by atoms with van der Waals surface area (Å²) in [4.78, 5) is 6.70. The van der Waals surface area contributed by atoms with Gasteiger partial charge in [-0.3, -0.25) is 9.80 Å². The molecule has 0 amide bonds. The summed E-state index contributed by atoms with van der Waals surface area (Å²) < 4.78 is 74.4. The first kappa shape index (κ1) is 26.9. The quantitative estimate of drug-likeness (QED) is 0.319. The molecular weight excluding hydrogens is 503 g/mol. The molecule has 10 heteroatoms. The van der Waals surface area contributed by atoms with Gasteiger partial charge >= 0.3 is 0 Å². The van der Waals surface area contributed by atoms with E-state index in [9.17, 15) is 18.3 Å². The average Bonchev–Trinajstić information content (AvgIpc) is 3.18. The number of rotatable bonds is 9. The van der Waals surface area contributed by atoms with Crippen LogP contribution in [-0.4, -0.2) is 70.7 Å². The molecule has 1 fully saturated rings. The maximum absolute atomic E-state index is 15.7. The van der Waals surface area contributed by atoms with Crippen LogP contribution in [0, 0.1) is 17.5 Å². The molecule has 0 aliphatic carbocycles. The van der Waals surface area contributed by atoms with Gasteiger partial charge in [-0.05, 0) is 62.2 Å². The van der Waals surface area contributed by atoms with E-state index in [-0.39, 0.29) is 18.0 Å². The Morgan fingerprint density at radius 1 is 1.11 bits per heavy atom. The number of hydrogen-bond acceptors (Lipinski definition) is 4. The van der Waals surface area contributed by atoms with Crippen LogP contribution >= 0.6 is 0 Å². The van der Waals surface area contributed by atoms with E-state index in [1.807, 2.05) is 0 Å². The smallest absolute Gasteiger partial charge is 0.283 e. The molecule has 5 nitrogen and oxygen atoms in total. The number of aromatic nitrogens is 1. The Morgan fingerprint density at radius 3 is 2.47 bits per heavy atom. The molecule has 2 atom stereocenters. The van der Waals surface area contributed by atoms with Gasteiger partial charge in [-0.25, -0.2) is 22.0 Å². The number of aromatic amines is 1. The molecule has 38 heavy (non-hydrogen) atoms. The first-order valence-corrected chi connectivity index (χ1v) is 13.1. The van der Waals surface area contributed by atoms with Crippen molar-refractivity contribution in [2.75, 3.05) is 38.1 Å². The summed E-state index contributed by atoms with van der Waals surface area (Å²) in [5, 5.41) is 13.0. The average molecular weight is 537 g/mol. The third-order valence-corrected chi connectivity index (χ3v) is 7.73. The molecule has 3 N–H and O–H groups in total. The zero-order valence-electron chi connectivity index (χ0n) is 21.5. The Hall–Kier alpha value is -2.69. The predicted octanol–water partition coefficient (Wildman–Crippen LogP) is 5.45. The third-order valence-electron chi connectivity index (χ3n) is 7.73. The molecule has 2 aliphatic rings. The first-order valence-electron chi connectivity index (χ1n) is 13.1. The Bertz CT molecular complexity index is 1280. The molecule has 0 bridgehead atoms. The fourth-order valence-corrected chi connectivity index (χ4v) is 5.79. The highest BCUT2D eigenvalue weighted by Crippen LogP contribution is 2.44. The Labute approximate surface area is 218 Å². The molecule has 1 saturated heterocycles. The fraction of sp³-hybridized carbons (Fsp3) is 0.500. The highest BCUT2D eigenvalue weighted by molar-refractivity contribution is 5.85. The number of fused-ring (bicyclic) bond motifs is 3. The van der Waals surface area contributed by atoms with Gasteiger partial charge in [0, 0.05) is 47.0 Å². The van der Waals surface area contributed by atoms with E-state index >= 15 is 8.78 Å². The molecule has 0 radical (unpaired) electrons. The number of aliphatic hydroxyl groups excluding tert-OH is 1. The zero-order chi connectivity index (χ0) is 27.2. The summed E-state index contributed by atoms with van der Waals surface area (Å²) in [6.07, 6.45) is 2.47. The number of nitrogens with one attached hydrogen (secondary N) is 2. The Morgan fingerprint density at radius 2 is 1.82 bits per heavy atom. The SMILES string of the molecule is CCCCN1CC(Nc2cc(F)c(C3c4[nH]c5ccc(F)cc5c4CC(C)N3CC(F)(F)CO)c(F)c2)C1. The van der Waals surface area contributed by atoms with Crippen LogP contribution < -0.4 is 5.32 Å². The van der Waals surface area contributed by atoms with Crippen molar-refractivity contribution in [3.63, 3.8) is 0 Å². The number of aliphatic hydroxyl groups is 1. The molecule has 1 aromatic heterocycles. The summed E-state index contributed by atoms with van der Waals surface area (Å²) in [5.74, 6) is -5.66. The second-order valence-electron chi connectivity index (χ2n) is 10.7. The van der Waals surface area contributed by atoms with Gasteiger partial charge in [0.2, 0.25) is 0 Å². The van der Waals surface area contributed by atoms with E-state index in [2.05, 4.69) is 22.1 Å². The van der Waals surface area contributed by atoms with Crippen molar-refractivity contribution >= 4 is 16.6 Å². The lowest BCUT2D eigenvalue weighted by Gasteiger charge is -2.42. The largest absolute Gasteiger partial charge is 0.390 e. The van der Waals surface area contributed by atoms with Gasteiger partial charge in [0.25, 0.3) is 5.92 Å². The predicted molar refractivity (Wildman–Crippen MR) is 137 cm³/mol. The van der Waals surface area contributed by atoms with Crippen molar-refractivity contribution < 1.29 is 27.1 Å². The summed E-state index contributed by atoms with van der Waals surface area (Å²) in [5.41, 5.74) is 1.48. The lowest BCUT2D eigenvalue weighted by Crippen LogP contribution is -2.54. The van der Waals surface area contributed by atoms with E-state index in [0.29, 0.717) is 27.8 Å². The maximum Gasteiger partial charge on any atom is 0.283 e. The van der Waals surface area contributed by atoms with Crippen LogP contribution in [0.25, 0.3) is 10.9 Å². The summed E-state index contributed by atoms with van der Waals surface area (Å²) in [6, 6.07) is 4.84. The van der Waals surface area contributed by atoms with Crippen molar-refractivity contribution in [1.29, 1.82) is 0 Å². The molecule has 206 valence electrons. The van der Waals surface area contributed by atoms with Crippen LogP contribution in [0.1, 0.15) is 49.6 Å². The number of likely N-dealkylation sites (tertiary alicyclic amines) is 1. The Balaban J connectivity index is 1.52. The first-order chi connectivity index (χ1) is 18.1. The van der Waals surface area contributed by atoms with Crippen LogP contribution in [-0.2, 0) is 6.42 Å². The second kappa shape index (κ2) is 10.5. The van der Waals surface area contributed by atoms with Crippen molar-refractivity contribution in [2.45, 2.75) is 57.2 Å². The van der Waals surface area contributed by atoms with E-state index < -0.39 is 48.6 Å². The Kier molecular flexibility index (Phi) is 7.41. The standard InChI is InChI=1S/C28H33F5N4O/c1-3-4-7-36-12-19(13-36)34-18-10-22(30)25(23(31)11-18)27-26-21(20-9-17(29)5-6-24(20)35-26)8-16(2)37(27)14-28(32,33)15-38/h5-6,9-11,16,19,27,34-35,38H,3-4,7-8,12-15H2,1-2H3. The van der Waals surface area contributed by atoms with Crippen LogP contribution in [0.2, 0.25) is 0 Å². The van der Waals surface area contributed by atoms with Crippen LogP contribution in [0.15, 0.2) is 30.3 Å². The summed E-state index contributed by atoms with van der Waals surface area (Å²) in [7, 11) is 0. The van der Waals surface area contributed by atoms with Gasteiger partial charge in [-0.15, -0.1) is 0 Å². The van der Waals surface area contributed by atoms with Crippen molar-refractivity contribution in [2.24, 2.45) is 0 Å².